The third-order valence-corrected chi connectivity index (χ3v) is 5.98. The van der Waals surface area contributed by atoms with Crippen LogP contribution in [0.1, 0.15) is 38.7 Å². The molecule has 0 bridgehead atoms. The van der Waals surface area contributed by atoms with E-state index in [0.29, 0.717) is 19.0 Å². The summed E-state index contributed by atoms with van der Waals surface area (Å²) in [5.41, 5.74) is 1.92. The van der Waals surface area contributed by atoms with Crippen molar-refractivity contribution in [3.63, 3.8) is 0 Å². The average Bonchev–Trinajstić information content (AvgIpc) is 3.03. The van der Waals surface area contributed by atoms with Gasteiger partial charge in [0.1, 0.15) is 0 Å². The number of unbranched alkanes of at least 4 members (excludes halogenated alkanes) is 2. The Labute approximate surface area is 174 Å². The van der Waals surface area contributed by atoms with Crippen molar-refractivity contribution < 1.29 is 8.42 Å². The number of guanidine groups is 1. The third kappa shape index (κ3) is 6.61. The third-order valence-electron chi connectivity index (χ3n) is 4.21. The first-order valence-corrected chi connectivity index (χ1v) is 10.8. The van der Waals surface area contributed by atoms with Crippen LogP contribution in [0.2, 0.25) is 0 Å². The largest absolute Gasteiger partial charge is 0.357 e. The van der Waals surface area contributed by atoms with Crippen molar-refractivity contribution in [3.8, 4) is 0 Å². The summed E-state index contributed by atoms with van der Waals surface area (Å²) >= 11 is 0. The van der Waals surface area contributed by atoms with Gasteiger partial charge in [-0.1, -0.05) is 38.0 Å². The average molecular weight is 494 g/mol. The lowest BCUT2D eigenvalue weighted by Gasteiger charge is -2.20. The fourth-order valence-corrected chi connectivity index (χ4v) is 4.33. The van der Waals surface area contributed by atoms with Gasteiger partial charge in [0, 0.05) is 26.2 Å². The van der Waals surface area contributed by atoms with Gasteiger partial charge in [0.05, 0.1) is 11.4 Å². The van der Waals surface area contributed by atoms with Crippen LogP contribution in [0.25, 0.3) is 0 Å². The predicted molar refractivity (Wildman–Crippen MR) is 120 cm³/mol. The summed E-state index contributed by atoms with van der Waals surface area (Å²) in [6.45, 7) is 6.56. The Morgan fingerprint density at radius 1 is 1.19 bits per heavy atom. The van der Waals surface area contributed by atoms with E-state index in [-0.39, 0.29) is 29.7 Å². The summed E-state index contributed by atoms with van der Waals surface area (Å²) in [5.74, 6) is 0.747. The Morgan fingerprint density at radius 2 is 1.96 bits per heavy atom. The lowest BCUT2D eigenvalue weighted by Crippen LogP contribution is -2.42. The molecule has 0 spiro atoms. The van der Waals surface area contributed by atoms with Crippen molar-refractivity contribution in [2.24, 2.45) is 4.99 Å². The molecule has 0 saturated carbocycles. The maximum Gasteiger partial charge on any atom is 0.236 e. The highest BCUT2D eigenvalue weighted by molar-refractivity contribution is 14.0. The van der Waals surface area contributed by atoms with Crippen molar-refractivity contribution in [3.05, 3.63) is 29.8 Å². The second-order valence-electron chi connectivity index (χ2n) is 6.16. The lowest BCUT2D eigenvalue weighted by molar-refractivity contribution is 0.591. The minimum absolute atomic E-state index is 0. The molecule has 1 aromatic rings. The van der Waals surface area contributed by atoms with Gasteiger partial charge in [-0.25, -0.2) is 8.42 Å². The fourth-order valence-electron chi connectivity index (χ4n) is 2.90. The Kier molecular flexibility index (Phi) is 10.3. The topological polar surface area (TPSA) is 73.8 Å². The van der Waals surface area contributed by atoms with Gasteiger partial charge in [-0.3, -0.25) is 9.30 Å². The minimum Gasteiger partial charge on any atom is -0.357 e. The van der Waals surface area contributed by atoms with Crippen molar-refractivity contribution >= 4 is 45.6 Å². The number of nitrogens with one attached hydrogen (secondary N) is 2. The molecule has 1 aliphatic heterocycles. The molecular formula is C18H31IN4O2S. The molecule has 2 N–H and O–H groups in total. The Hall–Kier alpha value is -1.03. The molecule has 0 fully saturated rings. The van der Waals surface area contributed by atoms with Crippen molar-refractivity contribution in [2.45, 2.75) is 39.5 Å². The van der Waals surface area contributed by atoms with E-state index in [1.165, 1.54) is 4.31 Å². The molecule has 0 saturated heterocycles. The second-order valence-corrected chi connectivity index (χ2v) is 8.17. The number of aliphatic imine (C=N–C) groups is 1. The number of hydrogen-bond donors (Lipinski definition) is 2. The van der Waals surface area contributed by atoms with Crippen LogP contribution in [0.15, 0.2) is 29.3 Å². The minimum atomic E-state index is -3.33. The smallest absolute Gasteiger partial charge is 0.236 e. The van der Waals surface area contributed by atoms with Crippen molar-refractivity contribution in [2.75, 3.05) is 36.2 Å². The number of rotatable bonds is 9. The number of para-hydroxylation sites is 1. The van der Waals surface area contributed by atoms with Gasteiger partial charge >= 0.3 is 0 Å². The van der Waals surface area contributed by atoms with E-state index in [9.17, 15) is 8.42 Å². The molecule has 2 rings (SSSR count). The van der Waals surface area contributed by atoms with Crippen LogP contribution in [-0.4, -0.2) is 46.3 Å². The van der Waals surface area contributed by atoms with Crippen LogP contribution in [0.5, 0.6) is 0 Å². The summed E-state index contributed by atoms with van der Waals surface area (Å²) in [6.07, 6.45) is 4.15. The molecule has 8 heteroatoms. The maximum absolute atomic E-state index is 12.7. The van der Waals surface area contributed by atoms with Crippen molar-refractivity contribution in [1.29, 1.82) is 0 Å². The zero-order valence-corrected chi connectivity index (χ0v) is 18.8. The van der Waals surface area contributed by atoms with Gasteiger partial charge in [0.2, 0.25) is 10.0 Å². The summed E-state index contributed by atoms with van der Waals surface area (Å²) in [7, 11) is -3.33. The van der Waals surface area contributed by atoms with E-state index in [4.69, 9.17) is 0 Å². The first-order valence-electron chi connectivity index (χ1n) is 9.19. The van der Waals surface area contributed by atoms with E-state index in [1.54, 1.807) is 0 Å². The van der Waals surface area contributed by atoms with E-state index in [2.05, 4.69) is 22.5 Å². The van der Waals surface area contributed by atoms with Crippen LogP contribution < -0.4 is 14.9 Å². The molecule has 0 atom stereocenters. The zero-order chi connectivity index (χ0) is 18.1. The first-order chi connectivity index (χ1) is 12.1. The molecule has 6 nitrogen and oxygen atoms in total. The number of nitrogens with zero attached hydrogens (tertiary/aromatic N) is 2. The highest BCUT2D eigenvalue weighted by Gasteiger charge is 2.28. The first kappa shape index (κ1) is 23.0. The molecule has 0 aromatic heterocycles. The van der Waals surface area contributed by atoms with E-state index in [0.717, 1.165) is 50.0 Å². The molecule has 26 heavy (non-hydrogen) atoms. The van der Waals surface area contributed by atoms with Crippen LogP contribution in [0, 0.1) is 0 Å². The van der Waals surface area contributed by atoms with E-state index in [1.807, 2.05) is 31.2 Å². The fraction of sp³-hybridized carbons (Fsp3) is 0.611. The number of anilines is 1. The highest BCUT2D eigenvalue weighted by Crippen LogP contribution is 2.29. The van der Waals surface area contributed by atoms with Gasteiger partial charge in [-0.15, -0.1) is 24.0 Å². The molecular weight excluding hydrogens is 463 g/mol. The van der Waals surface area contributed by atoms with E-state index >= 15 is 0 Å². The summed E-state index contributed by atoms with van der Waals surface area (Å²) < 4.78 is 26.9. The number of fused-ring (bicyclic) bond motifs is 1. The van der Waals surface area contributed by atoms with E-state index < -0.39 is 10.0 Å². The SMILES string of the molecule is CCCCCN=C(NCC)NCCS(=O)(=O)N1CCc2ccccc21.I. The molecule has 0 radical (unpaired) electrons. The van der Waals surface area contributed by atoms with Crippen LogP contribution in [0.4, 0.5) is 5.69 Å². The standard InChI is InChI=1S/C18H30N4O2S.HI/c1-3-5-8-12-20-18(19-4-2)21-13-15-25(23,24)22-14-11-16-9-6-7-10-17(16)22;/h6-7,9-10H,3-5,8,11-15H2,1-2H3,(H2,19,20,21);1H. The van der Waals surface area contributed by atoms with Crippen LogP contribution in [-0.2, 0) is 16.4 Å². The molecule has 0 unspecified atom stereocenters. The van der Waals surface area contributed by atoms with Crippen LogP contribution >= 0.6 is 24.0 Å². The summed E-state index contributed by atoms with van der Waals surface area (Å²) in [5, 5.41) is 6.30. The summed E-state index contributed by atoms with van der Waals surface area (Å²) in [6, 6.07) is 7.72. The Balaban J connectivity index is 0.00000338. The number of benzene rings is 1. The maximum atomic E-state index is 12.7. The Bertz CT molecular complexity index is 680. The Morgan fingerprint density at radius 3 is 2.69 bits per heavy atom. The number of halogens is 1. The van der Waals surface area contributed by atoms with Gasteiger partial charge < -0.3 is 10.6 Å². The number of sulfonamides is 1. The number of hydrogen-bond acceptors (Lipinski definition) is 3. The highest BCUT2D eigenvalue weighted by atomic mass is 127. The zero-order valence-electron chi connectivity index (χ0n) is 15.7. The molecule has 0 amide bonds. The molecule has 1 aromatic carbocycles. The van der Waals surface area contributed by atoms with Crippen molar-refractivity contribution in [1.82, 2.24) is 10.6 Å². The summed E-state index contributed by atoms with van der Waals surface area (Å²) in [4.78, 5) is 4.49. The molecule has 0 aliphatic carbocycles. The van der Waals surface area contributed by atoms with Gasteiger partial charge in [-0.05, 0) is 31.4 Å². The van der Waals surface area contributed by atoms with Crippen LogP contribution in [0.3, 0.4) is 0 Å². The van der Waals surface area contributed by atoms with Gasteiger partial charge in [-0.2, -0.15) is 0 Å². The normalized spacial score (nSPS) is 13.9. The monoisotopic (exact) mass is 494 g/mol. The van der Waals surface area contributed by atoms with Gasteiger partial charge in [0.15, 0.2) is 5.96 Å². The predicted octanol–water partition coefficient (Wildman–Crippen LogP) is 2.74. The molecule has 148 valence electrons. The second kappa shape index (κ2) is 11.6. The molecule has 1 heterocycles. The molecule has 1 aliphatic rings. The lowest BCUT2D eigenvalue weighted by atomic mass is 10.2. The quantitative estimate of drug-likeness (QED) is 0.240. The van der Waals surface area contributed by atoms with Gasteiger partial charge in [0.25, 0.3) is 0 Å².